The number of carbonyl (C=O) groups excluding carboxylic acids is 1. The summed E-state index contributed by atoms with van der Waals surface area (Å²) in [7, 11) is 1.41. The van der Waals surface area contributed by atoms with Crippen LogP contribution in [0.1, 0.15) is 39.9 Å². The molecule has 2 aromatic carbocycles. The van der Waals surface area contributed by atoms with Gasteiger partial charge in [-0.25, -0.2) is 4.79 Å². The summed E-state index contributed by atoms with van der Waals surface area (Å²) >= 11 is 0. The molecule has 1 fully saturated rings. The molecule has 134 valence electrons. The zero-order valence-corrected chi connectivity index (χ0v) is 15.0. The van der Waals surface area contributed by atoms with E-state index in [9.17, 15) is 4.79 Å². The molecular weight excluding hydrogens is 326 g/mol. The van der Waals surface area contributed by atoms with Crippen molar-refractivity contribution >= 4 is 11.5 Å². The van der Waals surface area contributed by atoms with E-state index in [4.69, 9.17) is 9.47 Å². The predicted octanol–water partition coefficient (Wildman–Crippen LogP) is 3.89. The fraction of sp³-hybridized carbons (Fsp3) is 0.318. The van der Waals surface area contributed by atoms with Crippen LogP contribution in [-0.4, -0.2) is 37.6 Å². The molecule has 0 bridgehead atoms. The molecule has 4 heteroatoms. The van der Waals surface area contributed by atoms with Gasteiger partial charge in [-0.05, 0) is 60.8 Å². The molecule has 0 saturated carbocycles. The van der Waals surface area contributed by atoms with Crippen LogP contribution >= 0.6 is 0 Å². The highest BCUT2D eigenvalue weighted by Crippen LogP contribution is 2.37. The van der Waals surface area contributed by atoms with Gasteiger partial charge in [-0.15, -0.1) is 0 Å². The molecule has 0 amide bonds. The van der Waals surface area contributed by atoms with Crippen LogP contribution in [-0.2, 0) is 11.3 Å². The maximum atomic E-state index is 12.0. The Balaban J connectivity index is 1.81. The van der Waals surface area contributed by atoms with Gasteiger partial charge in [0.25, 0.3) is 0 Å². The Bertz CT molecular complexity index is 850. The fourth-order valence-electron chi connectivity index (χ4n) is 3.73. The number of hydrogen-bond acceptors (Lipinski definition) is 4. The molecule has 1 saturated heterocycles. The second kappa shape index (κ2) is 7.34. The number of likely N-dealkylation sites (tertiary alicyclic amines) is 1. The summed E-state index contributed by atoms with van der Waals surface area (Å²) in [4.78, 5) is 14.5. The molecule has 2 aliphatic rings. The number of benzene rings is 2. The van der Waals surface area contributed by atoms with Gasteiger partial charge in [-0.1, -0.05) is 30.3 Å². The fourth-order valence-corrected chi connectivity index (χ4v) is 3.73. The Hall–Kier alpha value is -2.59. The normalized spacial score (nSPS) is 18.0. The van der Waals surface area contributed by atoms with Crippen LogP contribution < -0.4 is 4.74 Å². The van der Waals surface area contributed by atoms with Gasteiger partial charge in [-0.3, -0.25) is 4.90 Å². The zero-order valence-electron chi connectivity index (χ0n) is 15.0. The van der Waals surface area contributed by atoms with E-state index in [1.165, 1.54) is 25.5 Å². The first-order valence-electron chi connectivity index (χ1n) is 9.12. The van der Waals surface area contributed by atoms with Crippen LogP contribution in [0.5, 0.6) is 5.75 Å². The molecule has 0 aromatic heterocycles. The first-order chi connectivity index (χ1) is 12.8. The smallest absolute Gasteiger partial charge is 0.337 e. The van der Waals surface area contributed by atoms with Crippen LogP contribution in [0.4, 0.5) is 0 Å². The van der Waals surface area contributed by atoms with Crippen LogP contribution in [0.3, 0.4) is 0 Å². The summed E-state index contributed by atoms with van der Waals surface area (Å²) in [5.74, 6) is 0.478. The number of rotatable bonds is 3. The SMILES string of the molecule is COC(=O)c1ccc2c(c1)/C(=C\CN1CCCC1)c1ccccc1CO2. The summed E-state index contributed by atoms with van der Waals surface area (Å²) in [5, 5.41) is 0. The largest absolute Gasteiger partial charge is 0.488 e. The summed E-state index contributed by atoms with van der Waals surface area (Å²) in [6.07, 6.45) is 4.82. The molecule has 0 unspecified atom stereocenters. The molecule has 26 heavy (non-hydrogen) atoms. The van der Waals surface area contributed by atoms with E-state index in [1.54, 1.807) is 6.07 Å². The monoisotopic (exact) mass is 349 g/mol. The maximum absolute atomic E-state index is 12.0. The highest BCUT2D eigenvalue weighted by Gasteiger charge is 2.21. The third kappa shape index (κ3) is 3.25. The predicted molar refractivity (Wildman–Crippen MR) is 101 cm³/mol. The van der Waals surface area contributed by atoms with Crippen LogP contribution in [0.15, 0.2) is 48.5 Å². The third-order valence-corrected chi connectivity index (χ3v) is 5.13. The molecule has 4 rings (SSSR count). The Morgan fingerprint density at radius 3 is 2.77 bits per heavy atom. The van der Waals surface area contributed by atoms with Gasteiger partial charge in [0.2, 0.25) is 0 Å². The molecule has 4 nitrogen and oxygen atoms in total. The van der Waals surface area contributed by atoms with E-state index in [1.807, 2.05) is 18.2 Å². The highest BCUT2D eigenvalue weighted by atomic mass is 16.5. The van der Waals surface area contributed by atoms with Gasteiger partial charge in [0.15, 0.2) is 0 Å². The van der Waals surface area contributed by atoms with Gasteiger partial charge < -0.3 is 9.47 Å². The lowest BCUT2D eigenvalue weighted by atomic mass is 9.93. The second-order valence-corrected chi connectivity index (χ2v) is 6.77. The van der Waals surface area contributed by atoms with Crippen molar-refractivity contribution in [3.05, 3.63) is 70.8 Å². The van der Waals surface area contributed by atoms with Crippen molar-refractivity contribution < 1.29 is 14.3 Å². The van der Waals surface area contributed by atoms with Crippen molar-refractivity contribution in [2.24, 2.45) is 0 Å². The molecule has 2 aromatic rings. The van der Waals surface area contributed by atoms with E-state index in [0.717, 1.165) is 42.1 Å². The summed E-state index contributed by atoms with van der Waals surface area (Å²) < 4.78 is 10.9. The van der Waals surface area contributed by atoms with Gasteiger partial charge in [0, 0.05) is 12.1 Å². The molecule has 0 atom stereocenters. The summed E-state index contributed by atoms with van der Waals surface area (Å²) in [6, 6.07) is 13.9. The van der Waals surface area contributed by atoms with Crippen molar-refractivity contribution in [3.63, 3.8) is 0 Å². The number of carbonyl (C=O) groups is 1. The van der Waals surface area contributed by atoms with Gasteiger partial charge in [0.1, 0.15) is 12.4 Å². The minimum atomic E-state index is -0.329. The van der Waals surface area contributed by atoms with Crippen molar-refractivity contribution in [2.75, 3.05) is 26.7 Å². The Morgan fingerprint density at radius 1 is 1.15 bits per heavy atom. The zero-order chi connectivity index (χ0) is 17.9. The van der Waals surface area contributed by atoms with E-state index in [2.05, 4.69) is 29.2 Å². The van der Waals surface area contributed by atoms with E-state index in [-0.39, 0.29) is 5.97 Å². The number of esters is 1. The highest BCUT2D eigenvalue weighted by molar-refractivity contribution is 5.93. The third-order valence-electron chi connectivity index (χ3n) is 5.13. The van der Waals surface area contributed by atoms with Crippen molar-refractivity contribution in [1.82, 2.24) is 4.90 Å². The summed E-state index contributed by atoms with van der Waals surface area (Å²) in [5.41, 5.74) is 4.97. The number of methoxy groups -OCH3 is 1. The van der Waals surface area contributed by atoms with Crippen LogP contribution in [0.25, 0.3) is 5.57 Å². The standard InChI is InChI=1S/C22H23NO3/c1-25-22(24)16-8-9-21-20(14-16)19(10-13-23-11-4-5-12-23)18-7-3-2-6-17(18)15-26-21/h2-3,6-10,14H,4-5,11-13,15H2,1H3/b19-10-. The Labute approximate surface area is 154 Å². The number of ether oxygens (including phenoxy) is 2. The quantitative estimate of drug-likeness (QED) is 0.788. The Morgan fingerprint density at radius 2 is 1.96 bits per heavy atom. The number of nitrogens with zero attached hydrogens (tertiary/aromatic N) is 1. The molecule has 0 aliphatic carbocycles. The average Bonchev–Trinajstić information content (AvgIpc) is 3.15. The number of hydrogen-bond donors (Lipinski definition) is 0. The van der Waals surface area contributed by atoms with Crippen molar-refractivity contribution in [3.8, 4) is 5.75 Å². The average molecular weight is 349 g/mol. The van der Waals surface area contributed by atoms with Crippen molar-refractivity contribution in [2.45, 2.75) is 19.4 Å². The van der Waals surface area contributed by atoms with Crippen molar-refractivity contribution in [1.29, 1.82) is 0 Å². The molecular formula is C22H23NO3. The minimum Gasteiger partial charge on any atom is -0.488 e. The lowest BCUT2D eigenvalue weighted by Gasteiger charge is -2.15. The number of fused-ring (bicyclic) bond motifs is 2. The molecule has 2 aliphatic heterocycles. The Kier molecular flexibility index (Phi) is 4.76. The van der Waals surface area contributed by atoms with Crippen LogP contribution in [0.2, 0.25) is 0 Å². The molecule has 2 heterocycles. The summed E-state index contributed by atoms with van der Waals surface area (Å²) in [6.45, 7) is 3.74. The first-order valence-corrected chi connectivity index (χ1v) is 9.12. The lowest BCUT2D eigenvalue weighted by molar-refractivity contribution is 0.0600. The molecule has 0 N–H and O–H groups in total. The van der Waals surface area contributed by atoms with Gasteiger partial charge in [-0.2, -0.15) is 0 Å². The van der Waals surface area contributed by atoms with E-state index < -0.39 is 0 Å². The lowest BCUT2D eigenvalue weighted by Crippen LogP contribution is -2.19. The van der Waals surface area contributed by atoms with Crippen LogP contribution in [0, 0.1) is 0 Å². The topological polar surface area (TPSA) is 38.8 Å². The van der Waals surface area contributed by atoms with E-state index >= 15 is 0 Å². The molecule has 0 radical (unpaired) electrons. The second-order valence-electron chi connectivity index (χ2n) is 6.77. The minimum absolute atomic E-state index is 0.329. The molecule has 0 spiro atoms. The van der Waals surface area contributed by atoms with Gasteiger partial charge in [0.05, 0.1) is 12.7 Å². The van der Waals surface area contributed by atoms with Gasteiger partial charge >= 0.3 is 5.97 Å². The first kappa shape index (κ1) is 16.9. The van der Waals surface area contributed by atoms with E-state index in [0.29, 0.717) is 12.2 Å². The maximum Gasteiger partial charge on any atom is 0.337 e.